The molecule has 0 aliphatic heterocycles. The highest BCUT2D eigenvalue weighted by molar-refractivity contribution is 5.80. The van der Waals surface area contributed by atoms with Gasteiger partial charge in [-0.25, -0.2) is 4.79 Å². The van der Waals surface area contributed by atoms with Gasteiger partial charge in [0.2, 0.25) is 0 Å². The minimum Gasteiger partial charge on any atom is -0.480 e. The maximum Gasteiger partial charge on any atom is 0.323 e. The topological polar surface area (TPSA) is 69.6 Å². The molecule has 0 spiro atoms. The number of carboxylic acid groups (broad SMARTS) is 1. The van der Waals surface area contributed by atoms with Crippen molar-refractivity contribution in [2.45, 2.75) is 39.0 Å². The number of urea groups is 1. The van der Waals surface area contributed by atoms with E-state index in [1.807, 2.05) is 6.92 Å². The van der Waals surface area contributed by atoms with E-state index < -0.39 is 5.97 Å². The molecule has 0 unspecified atom stereocenters. The maximum absolute atomic E-state index is 12.0. The summed E-state index contributed by atoms with van der Waals surface area (Å²) in [6.07, 6.45) is 5.96. The molecule has 0 saturated heterocycles. The predicted octanol–water partition coefficient (Wildman–Crippen LogP) is 1.93. The second-order valence-electron chi connectivity index (χ2n) is 5.84. The number of aliphatic carboxylic acids is 1. The van der Waals surface area contributed by atoms with Crippen LogP contribution in [0.5, 0.6) is 0 Å². The van der Waals surface area contributed by atoms with E-state index in [0.717, 1.165) is 18.3 Å². The Morgan fingerprint density at radius 1 is 1.26 bits per heavy atom. The third kappa shape index (κ3) is 4.40. The Kier molecular flexibility index (Phi) is 4.66. The van der Waals surface area contributed by atoms with E-state index in [1.165, 1.54) is 30.6 Å². The van der Waals surface area contributed by atoms with Gasteiger partial charge in [-0.2, -0.15) is 0 Å². The van der Waals surface area contributed by atoms with E-state index in [4.69, 9.17) is 5.11 Å². The van der Waals surface area contributed by atoms with Gasteiger partial charge in [0.15, 0.2) is 0 Å². The van der Waals surface area contributed by atoms with Gasteiger partial charge in [0, 0.05) is 13.1 Å². The Morgan fingerprint density at radius 2 is 1.84 bits per heavy atom. The summed E-state index contributed by atoms with van der Waals surface area (Å²) in [5.74, 6) is 1.26. The standard InChI is InChI=1S/C14H24N2O3/c1-2-7-16(9-13(17)18)14(19)15-8-12(10-3-4-10)11-5-6-11/h10-12H,2-9H2,1H3,(H,15,19)(H,17,18). The molecule has 0 aromatic carbocycles. The zero-order chi connectivity index (χ0) is 13.8. The predicted molar refractivity (Wildman–Crippen MR) is 71.8 cm³/mol. The van der Waals surface area contributed by atoms with Crippen molar-refractivity contribution < 1.29 is 14.7 Å². The van der Waals surface area contributed by atoms with Crippen molar-refractivity contribution in [1.29, 1.82) is 0 Å². The van der Waals surface area contributed by atoms with Gasteiger partial charge in [0.05, 0.1) is 0 Å². The molecule has 0 radical (unpaired) electrons. The van der Waals surface area contributed by atoms with Crippen LogP contribution in [-0.2, 0) is 4.79 Å². The SMILES string of the molecule is CCCN(CC(=O)O)C(=O)NCC(C1CC1)C1CC1. The molecule has 2 aliphatic rings. The summed E-state index contributed by atoms with van der Waals surface area (Å²) in [5.41, 5.74) is 0. The Labute approximate surface area is 114 Å². The molecule has 5 nitrogen and oxygen atoms in total. The van der Waals surface area contributed by atoms with E-state index in [9.17, 15) is 9.59 Å². The number of hydrogen-bond donors (Lipinski definition) is 2. The number of carbonyl (C=O) groups excluding carboxylic acids is 1. The number of carboxylic acids is 1. The van der Waals surface area contributed by atoms with Gasteiger partial charge in [0.1, 0.15) is 6.54 Å². The first kappa shape index (κ1) is 14.2. The Balaban J connectivity index is 1.78. The van der Waals surface area contributed by atoms with Crippen LogP contribution in [0.25, 0.3) is 0 Å². The smallest absolute Gasteiger partial charge is 0.323 e. The quantitative estimate of drug-likeness (QED) is 0.706. The third-order valence-corrected chi connectivity index (χ3v) is 4.05. The van der Waals surface area contributed by atoms with Crippen molar-refractivity contribution in [3.63, 3.8) is 0 Å². The fourth-order valence-corrected chi connectivity index (χ4v) is 2.77. The fraction of sp³-hybridized carbons (Fsp3) is 0.857. The summed E-state index contributed by atoms with van der Waals surface area (Å²) in [6.45, 7) is 2.94. The van der Waals surface area contributed by atoms with Crippen molar-refractivity contribution in [1.82, 2.24) is 10.2 Å². The molecule has 19 heavy (non-hydrogen) atoms. The highest BCUT2D eigenvalue weighted by Crippen LogP contribution is 2.48. The molecule has 2 fully saturated rings. The lowest BCUT2D eigenvalue weighted by atomic mass is 9.98. The molecule has 2 N–H and O–H groups in total. The Bertz CT molecular complexity index is 326. The number of nitrogens with one attached hydrogen (secondary N) is 1. The first-order chi connectivity index (χ1) is 9.11. The van der Waals surface area contributed by atoms with Gasteiger partial charge in [0.25, 0.3) is 0 Å². The van der Waals surface area contributed by atoms with Crippen molar-refractivity contribution in [2.75, 3.05) is 19.6 Å². The monoisotopic (exact) mass is 268 g/mol. The first-order valence-corrected chi connectivity index (χ1v) is 7.36. The van der Waals surface area contributed by atoms with Gasteiger partial charge in [-0.05, 0) is 49.9 Å². The molecule has 2 amide bonds. The van der Waals surface area contributed by atoms with E-state index in [2.05, 4.69) is 5.32 Å². The summed E-state index contributed by atoms with van der Waals surface area (Å²) in [4.78, 5) is 24.1. The Hall–Kier alpha value is -1.26. The number of rotatable bonds is 8. The molecule has 0 aromatic heterocycles. The molecule has 0 heterocycles. The van der Waals surface area contributed by atoms with Crippen LogP contribution in [0.4, 0.5) is 4.79 Å². The van der Waals surface area contributed by atoms with Crippen LogP contribution in [-0.4, -0.2) is 41.6 Å². The van der Waals surface area contributed by atoms with Crippen LogP contribution < -0.4 is 5.32 Å². The number of hydrogen-bond acceptors (Lipinski definition) is 2. The lowest BCUT2D eigenvalue weighted by molar-refractivity contribution is -0.137. The second-order valence-corrected chi connectivity index (χ2v) is 5.84. The second kappa shape index (κ2) is 6.26. The zero-order valence-electron chi connectivity index (χ0n) is 11.6. The molecular weight excluding hydrogens is 244 g/mol. The summed E-state index contributed by atoms with van der Waals surface area (Å²) < 4.78 is 0. The Morgan fingerprint density at radius 3 is 2.26 bits per heavy atom. The van der Waals surface area contributed by atoms with Crippen molar-refractivity contribution in [3.05, 3.63) is 0 Å². The van der Waals surface area contributed by atoms with Gasteiger partial charge < -0.3 is 15.3 Å². The van der Waals surface area contributed by atoms with Crippen LogP contribution in [0.1, 0.15) is 39.0 Å². The summed E-state index contributed by atoms with van der Waals surface area (Å²) >= 11 is 0. The van der Waals surface area contributed by atoms with E-state index in [-0.39, 0.29) is 12.6 Å². The molecule has 2 saturated carbocycles. The van der Waals surface area contributed by atoms with Crippen LogP contribution in [0.15, 0.2) is 0 Å². The molecule has 0 bridgehead atoms. The minimum absolute atomic E-state index is 0.211. The minimum atomic E-state index is -0.954. The lowest BCUT2D eigenvalue weighted by Crippen LogP contribution is -2.45. The highest BCUT2D eigenvalue weighted by atomic mass is 16.4. The van der Waals surface area contributed by atoms with Crippen LogP contribution in [0.2, 0.25) is 0 Å². The van der Waals surface area contributed by atoms with E-state index in [1.54, 1.807) is 0 Å². The largest absolute Gasteiger partial charge is 0.480 e. The van der Waals surface area contributed by atoms with Gasteiger partial charge >= 0.3 is 12.0 Å². The maximum atomic E-state index is 12.0. The van der Waals surface area contributed by atoms with Gasteiger partial charge in [-0.15, -0.1) is 0 Å². The molecule has 0 aromatic rings. The van der Waals surface area contributed by atoms with E-state index >= 15 is 0 Å². The summed E-state index contributed by atoms with van der Waals surface area (Å²) in [6, 6.07) is -0.226. The first-order valence-electron chi connectivity index (χ1n) is 7.36. The van der Waals surface area contributed by atoms with Crippen LogP contribution >= 0.6 is 0 Å². The highest BCUT2D eigenvalue weighted by Gasteiger charge is 2.41. The molecular formula is C14H24N2O3. The molecule has 0 atom stereocenters. The molecule has 2 aliphatic carbocycles. The summed E-state index contributed by atoms with van der Waals surface area (Å²) in [5, 5.41) is 11.8. The van der Waals surface area contributed by atoms with Crippen LogP contribution in [0, 0.1) is 17.8 Å². The van der Waals surface area contributed by atoms with E-state index in [0.29, 0.717) is 19.0 Å². The average molecular weight is 268 g/mol. The van der Waals surface area contributed by atoms with Gasteiger partial charge in [-0.3, -0.25) is 4.79 Å². The fourth-order valence-electron chi connectivity index (χ4n) is 2.77. The lowest BCUT2D eigenvalue weighted by Gasteiger charge is -2.23. The molecule has 5 heteroatoms. The number of carbonyl (C=O) groups is 2. The average Bonchev–Trinajstić information content (AvgIpc) is 3.21. The normalized spacial score (nSPS) is 18.4. The van der Waals surface area contributed by atoms with Crippen molar-refractivity contribution >= 4 is 12.0 Å². The van der Waals surface area contributed by atoms with Gasteiger partial charge in [-0.1, -0.05) is 6.92 Å². The summed E-state index contributed by atoms with van der Waals surface area (Å²) in [7, 11) is 0. The van der Waals surface area contributed by atoms with Crippen LogP contribution in [0.3, 0.4) is 0 Å². The van der Waals surface area contributed by atoms with Crippen molar-refractivity contribution in [2.24, 2.45) is 17.8 Å². The molecule has 2 rings (SSSR count). The van der Waals surface area contributed by atoms with Crippen molar-refractivity contribution in [3.8, 4) is 0 Å². The number of amides is 2. The third-order valence-electron chi connectivity index (χ3n) is 4.05. The number of nitrogens with zero attached hydrogens (tertiary/aromatic N) is 1. The molecule has 108 valence electrons. The zero-order valence-corrected chi connectivity index (χ0v) is 11.6.